The van der Waals surface area contributed by atoms with Gasteiger partial charge in [0.25, 0.3) is 5.82 Å². The van der Waals surface area contributed by atoms with Gasteiger partial charge in [0.05, 0.1) is 0 Å². The number of allylic oxidation sites excluding steroid dienone is 1. The molecule has 16 heavy (non-hydrogen) atoms. The van der Waals surface area contributed by atoms with Crippen molar-refractivity contribution in [3.63, 3.8) is 0 Å². The number of aromatic nitrogens is 2. The van der Waals surface area contributed by atoms with E-state index in [1.54, 1.807) is 6.92 Å². The number of hydrogen-bond donors (Lipinski definition) is 2. The summed E-state index contributed by atoms with van der Waals surface area (Å²) >= 11 is 0. The highest BCUT2D eigenvalue weighted by Gasteiger charge is 2.21. The Morgan fingerprint density at radius 1 is 1.50 bits per heavy atom. The molecule has 1 aromatic carbocycles. The third kappa shape index (κ3) is 1.86. The first-order valence-corrected chi connectivity index (χ1v) is 5.42. The number of fused-ring (bicyclic) bond motifs is 1. The smallest absolute Gasteiger partial charge is 0.284 e. The van der Waals surface area contributed by atoms with E-state index in [1.807, 2.05) is 31.2 Å². The SMILES string of the molecule is C=C(C)C[n+]1c(C(C)O)[nH]c2ccccc21. The van der Waals surface area contributed by atoms with Crippen LogP contribution < -0.4 is 4.57 Å². The Kier molecular flexibility index (Phi) is 2.79. The number of aromatic amines is 1. The summed E-state index contributed by atoms with van der Waals surface area (Å²) in [5, 5.41) is 9.74. The molecule has 2 aromatic rings. The Morgan fingerprint density at radius 3 is 2.81 bits per heavy atom. The lowest BCUT2D eigenvalue weighted by molar-refractivity contribution is -0.674. The Labute approximate surface area is 95.0 Å². The fourth-order valence-electron chi connectivity index (χ4n) is 1.92. The van der Waals surface area contributed by atoms with Gasteiger partial charge in [-0.05, 0) is 31.6 Å². The van der Waals surface area contributed by atoms with Gasteiger partial charge in [0.15, 0.2) is 17.1 Å². The van der Waals surface area contributed by atoms with Crippen LogP contribution in [0.1, 0.15) is 25.8 Å². The van der Waals surface area contributed by atoms with Crippen molar-refractivity contribution in [1.29, 1.82) is 0 Å². The summed E-state index contributed by atoms with van der Waals surface area (Å²) in [6, 6.07) is 8.03. The Morgan fingerprint density at radius 2 is 2.19 bits per heavy atom. The molecule has 84 valence electrons. The number of rotatable bonds is 3. The zero-order valence-electron chi connectivity index (χ0n) is 9.70. The average Bonchev–Trinajstić information content (AvgIpc) is 2.57. The summed E-state index contributed by atoms with van der Waals surface area (Å²) < 4.78 is 2.07. The quantitative estimate of drug-likeness (QED) is 0.599. The molecule has 3 heteroatoms. The van der Waals surface area contributed by atoms with Crippen LogP contribution in [0.25, 0.3) is 11.0 Å². The number of aliphatic hydroxyl groups excluding tert-OH is 1. The first-order chi connectivity index (χ1) is 7.59. The monoisotopic (exact) mass is 217 g/mol. The van der Waals surface area contributed by atoms with Gasteiger partial charge in [0.1, 0.15) is 6.54 Å². The molecule has 0 aliphatic rings. The van der Waals surface area contributed by atoms with E-state index in [1.165, 1.54) is 0 Å². The second kappa shape index (κ2) is 4.10. The minimum absolute atomic E-state index is 0.508. The number of para-hydroxylation sites is 2. The fraction of sp³-hybridized carbons (Fsp3) is 0.308. The van der Waals surface area contributed by atoms with Gasteiger partial charge in [-0.1, -0.05) is 18.7 Å². The van der Waals surface area contributed by atoms with Crippen molar-refractivity contribution in [2.45, 2.75) is 26.5 Å². The maximum absolute atomic E-state index is 9.74. The maximum Gasteiger partial charge on any atom is 0.284 e. The van der Waals surface area contributed by atoms with Crippen molar-refractivity contribution >= 4 is 11.0 Å². The number of nitrogens with one attached hydrogen (secondary N) is 1. The highest BCUT2D eigenvalue weighted by Crippen LogP contribution is 2.14. The van der Waals surface area contributed by atoms with Crippen molar-refractivity contribution in [3.8, 4) is 0 Å². The maximum atomic E-state index is 9.74. The average molecular weight is 217 g/mol. The fourth-order valence-corrected chi connectivity index (χ4v) is 1.92. The molecule has 0 aliphatic heterocycles. The van der Waals surface area contributed by atoms with E-state index in [0.29, 0.717) is 0 Å². The van der Waals surface area contributed by atoms with Gasteiger partial charge < -0.3 is 5.11 Å². The van der Waals surface area contributed by atoms with E-state index >= 15 is 0 Å². The number of H-pyrrole nitrogens is 1. The molecular formula is C13H17N2O+. The number of hydrogen-bond acceptors (Lipinski definition) is 1. The molecule has 2 rings (SSSR count). The molecule has 1 atom stereocenters. The summed E-state index contributed by atoms with van der Waals surface area (Å²) in [5.41, 5.74) is 3.21. The highest BCUT2D eigenvalue weighted by molar-refractivity contribution is 5.71. The van der Waals surface area contributed by atoms with Crippen molar-refractivity contribution in [2.24, 2.45) is 0 Å². The molecule has 0 radical (unpaired) electrons. The third-order valence-corrected chi connectivity index (χ3v) is 2.57. The van der Waals surface area contributed by atoms with Gasteiger partial charge in [-0.15, -0.1) is 0 Å². The highest BCUT2D eigenvalue weighted by atomic mass is 16.3. The summed E-state index contributed by atoms with van der Waals surface area (Å²) in [6.07, 6.45) is -0.508. The van der Waals surface area contributed by atoms with Crippen LogP contribution >= 0.6 is 0 Å². The van der Waals surface area contributed by atoms with Crippen LogP contribution in [-0.2, 0) is 6.54 Å². The van der Waals surface area contributed by atoms with E-state index in [4.69, 9.17) is 0 Å². The van der Waals surface area contributed by atoms with E-state index in [0.717, 1.165) is 29.0 Å². The van der Waals surface area contributed by atoms with Crippen LogP contribution in [0.3, 0.4) is 0 Å². The molecule has 1 heterocycles. The van der Waals surface area contributed by atoms with Gasteiger partial charge in [-0.3, -0.25) is 0 Å². The van der Waals surface area contributed by atoms with Gasteiger partial charge in [0, 0.05) is 0 Å². The molecule has 2 N–H and O–H groups in total. The van der Waals surface area contributed by atoms with Crippen LogP contribution in [0.2, 0.25) is 0 Å². The van der Waals surface area contributed by atoms with Crippen molar-refractivity contribution in [3.05, 3.63) is 42.2 Å². The Bertz CT molecular complexity index is 526. The van der Waals surface area contributed by atoms with E-state index < -0.39 is 6.10 Å². The molecule has 1 unspecified atom stereocenters. The molecule has 0 saturated heterocycles. The summed E-state index contributed by atoms with van der Waals surface area (Å²) in [5.74, 6) is 0.823. The van der Waals surface area contributed by atoms with Crippen molar-refractivity contribution in [1.82, 2.24) is 4.98 Å². The molecule has 0 amide bonds. The second-order valence-electron chi connectivity index (χ2n) is 4.25. The lowest BCUT2D eigenvalue weighted by Gasteiger charge is -2.03. The van der Waals surface area contributed by atoms with Gasteiger partial charge in [0.2, 0.25) is 0 Å². The first-order valence-electron chi connectivity index (χ1n) is 5.42. The van der Waals surface area contributed by atoms with Crippen molar-refractivity contribution in [2.75, 3.05) is 0 Å². The van der Waals surface area contributed by atoms with Crippen molar-refractivity contribution < 1.29 is 9.67 Å². The molecule has 0 aliphatic carbocycles. The van der Waals surface area contributed by atoms with Crippen LogP contribution in [0.15, 0.2) is 36.4 Å². The largest absolute Gasteiger partial charge is 0.381 e. The summed E-state index contributed by atoms with van der Waals surface area (Å²) in [6.45, 7) is 8.40. The topological polar surface area (TPSA) is 39.9 Å². The van der Waals surface area contributed by atoms with Crippen LogP contribution in [0, 0.1) is 0 Å². The Hall–Kier alpha value is -1.61. The number of aliphatic hydroxyl groups is 1. The molecular weight excluding hydrogens is 200 g/mol. The first kappa shape index (κ1) is 10.9. The Balaban J connectivity index is 2.64. The predicted octanol–water partition coefficient (Wildman–Crippen LogP) is 2.08. The zero-order valence-corrected chi connectivity index (χ0v) is 9.70. The molecule has 0 spiro atoms. The van der Waals surface area contributed by atoms with Crippen LogP contribution in [0.5, 0.6) is 0 Å². The number of nitrogens with zero attached hydrogens (tertiary/aromatic N) is 1. The zero-order chi connectivity index (χ0) is 11.7. The van der Waals surface area contributed by atoms with E-state index in [9.17, 15) is 5.11 Å². The lowest BCUT2D eigenvalue weighted by atomic mass is 10.3. The molecule has 1 aromatic heterocycles. The summed E-state index contributed by atoms with van der Waals surface area (Å²) in [4.78, 5) is 3.24. The predicted molar refractivity (Wildman–Crippen MR) is 63.9 cm³/mol. The standard InChI is InChI=1S/C13H16N2O/c1-9(2)8-15-12-7-5-4-6-11(12)14-13(15)10(3)16/h4-7,10,16H,1,8H2,2-3H3/p+1. The number of imidazole rings is 1. The third-order valence-electron chi connectivity index (χ3n) is 2.57. The van der Waals surface area contributed by atoms with Gasteiger partial charge in [-0.2, -0.15) is 0 Å². The van der Waals surface area contributed by atoms with Crippen LogP contribution in [0.4, 0.5) is 0 Å². The van der Waals surface area contributed by atoms with E-state index in [-0.39, 0.29) is 0 Å². The summed E-state index contributed by atoms with van der Waals surface area (Å²) in [7, 11) is 0. The van der Waals surface area contributed by atoms with E-state index in [2.05, 4.69) is 16.1 Å². The van der Waals surface area contributed by atoms with Gasteiger partial charge in [-0.25, -0.2) is 9.55 Å². The minimum Gasteiger partial charge on any atom is -0.381 e. The van der Waals surface area contributed by atoms with Gasteiger partial charge >= 0.3 is 0 Å². The molecule has 0 saturated carbocycles. The molecule has 0 bridgehead atoms. The van der Waals surface area contributed by atoms with Crippen LogP contribution in [-0.4, -0.2) is 10.1 Å². The normalized spacial score (nSPS) is 12.9. The number of benzene rings is 1. The molecule has 3 nitrogen and oxygen atoms in total. The second-order valence-corrected chi connectivity index (χ2v) is 4.25. The lowest BCUT2D eigenvalue weighted by Crippen LogP contribution is -2.38. The molecule has 0 fully saturated rings. The minimum atomic E-state index is -0.508.